The quantitative estimate of drug-likeness (QED) is 0.806. The maximum absolute atomic E-state index is 5.67. The summed E-state index contributed by atoms with van der Waals surface area (Å²) in [6, 6.07) is 6.07. The molecule has 3 nitrogen and oxygen atoms in total. The Balaban J connectivity index is 2.65. The standard InChI is InChI=1S/C12H16N2O/c1-3-15-11-6-4-5-9-8(2)10(7-13)14-12(9)11/h4-6,14H,3,7,13H2,1-2H3. The summed E-state index contributed by atoms with van der Waals surface area (Å²) in [4.78, 5) is 3.32. The number of fused-ring (bicyclic) bond motifs is 1. The van der Waals surface area contributed by atoms with E-state index in [1.807, 2.05) is 19.1 Å². The van der Waals surface area contributed by atoms with Crippen LogP contribution < -0.4 is 10.5 Å². The zero-order valence-electron chi connectivity index (χ0n) is 9.13. The molecule has 0 saturated carbocycles. The van der Waals surface area contributed by atoms with Crippen LogP contribution in [0.5, 0.6) is 5.75 Å². The molecule has 0 aliphatic carbocycles. The number of nitrogens with two attached hydrogens (primary N) is 1. The lowest BCUT2D eigenvalue weighted by Gasteiger charge is -2.03. The first-order chi connectivity index (χ1) is 7.27. The van der Waals surface area contributed by atoms with Gasteiger partial charge >= 0.3 is 0 Å². The van der Waals surface area contributed by atoms with Gasteiger partial charge in [-0.05, 0) is 25.5 Å². The van der Waals surface area contributed by atoms with E-state index in [-0.39, 0.29) is 0 Å². The number of H-pyrrole nitrogens is 1. The third kappa shape index (κ3) is 1.59. The number of aryl methyl sites for hydroxylation is 1. The fourth-order valence-electron chi connectivity index (χ4n) is 1.86. The van der Waals surface area contributed by atoms with E-state index in [1.54, 1.807) is 0 Å². The monoisotopic (exact) mass is 204 g/mol. The number of rotatable bonds is 3. The third-order valence-corrected chi connectivity index (χ3v) is 2.66. The zero-order valence-corrected chi connectivity index (χ0v) is 9.13. The summed E-state index contributed by atoms with van der Waals surface area (Å²) in [5.41, 5.74) is 9.02. The molecule has 0 amide bonds. The highest BCUT2D eigenvalue weighted by Crippen LogP contribution is 2.29. The Hall–Kier alpha value is -1.48. The first kappa shape index (κ1) is 10.1. The van der Waals surface area contributed by atoms with Gasteiger partial charge in [0.2, 0.25) is 0 Å². The van der Waals surface area contributed by atoms with Crippen molar-refractivity contribution < 1.29 is 4.74 Å². The largest absolute Gasteiger partial charge is 0.492 e. The van der Waals surface area contributed by atoms with E-state index in [9.17, 15) is 0 Å². The molecule has 0 atom stereocenters. The number of para-hydroxylation sites is 1. The van der Waals surface area contributed by atoms with E-state index in [1.165, 1.54) is 10.9 Å². The van der Waals surface area contributed by atoms with Crippen LogP contribution in [0.4, 0.5) is 0 Å². The smallest absolute Gasteiger partial charge is 0.143 e. The van der Waals surface area contributed by atoms with E-state index in [0.29, 0.717) is 13.2 Å². The van der Waals surface area contributed by atoms with Gasteiger partial charge in [-0.3, -0.25) is 0 Å². The number of ether oxygens (including phenoxy) is 1. The number of aromatic nitrogens is 1. The minimum atomic E-state index is 0.534. The van der Waals surface area contributed by atoms with Gasteiger partial charge in [0, 0.05) is 17.6 Å². The zero-order chi connectivity index (χ0) is 10.8. The Morgan fingerprint density at radius 3 is 2.87 bits per heavy atom. The summed E-state index contributed by atoms with van der Waals surface area (Å²) in [5.74, 6) is 0.901. The molecule has 0 saturated heterocycles. The van der Waals surface area contributed by atoms with Crippen molar-refractivity contribution in [2.45, 2.75) is 20.4 Å². The summed E-state index contributed by atoms with van der Waals surface area (Å²) >= 11 is 0. The Morgan fingerprint density at radius 1 is 1.40 bits per heavy atom. The van der Waals surface area contributed by atoms with Gasteiger partial charge in [-0.1, -0.05) is 12.1 Å². The molecule has 0 aliphatic rings. The summed E-state index contributed by atoms with van der Waals surface area (Å²) in [6.45, 7) is 5.27. The van der Waals surface area contributed by atoms with Gasteiger partial charge in [0.15, 0.2) is 0 Å². The van der Waals surface area contributed by atoms with E-state index in [0.717, 1.165) is 17.0 Å². The molecular weight excluding hydrogens is 188 g/mol. The molecule has 0 aliphatic heterocycles. The molecule has 2 aromatic rings. The Bertz CT molecular complexity index is 474. The lowest BCUT2D eigenvalue weighted by Crippen LogP contribution is -1.97. The van der Waals surface area contributed by atoms with Gasteiger partial charge in [0.1, 0.15) is 5.75 Å². The molecule has 80 valence electrons. The van der Waals surface area contributed by atoms with Gasteiger partial charge < -0.3 is 15.5 Å². The van der Waals surface area contributed by atoms with E-state index in [2.05, 4.69) is 18.0 Å². The normalized spacial score (nSPS) is 10.9. The highest BCUT2D eigenvalue weighted by molar-refractivity contribution is 5.89. The highest BCUT2D eigenvalue weighted by atomic mass is 16.5. The number of nitrogens with one attached hydrogen (secondary N) is 1. The lowest BCUT2D eigenvalue weighted by molar-refractivity contribution is 0.343. The fraction of sp³-hybridized carbons (Fsp3) is 0.333. The fourth-order valence-corrected chi connectivity index (χ4v) is 1.86. The molecule has 1 aromatic carbocycles. The van der Waals surface area contributed by atoms with Gasteiger partial charge in [-0.15, -0.1) is 0 Å². The van der Waals surface area contributed by atoms with Crippen LogP contribution in [-0.2, 0) is 6.54 Å². The predicted molar refractivity (Wildman–Crippen MR) is 62.1 cm³/mol. The topological polar surface area (TPSA) is 51.0 Å². The summed E-state index contributed by atoms with van der Waals surface area (Å²) < 4.78 is 5.56. The van der Waals surface area contributed by atoms with Gasteiger partial charge in [0.05, 0.1) is 12.1 Å². The molecule has 15 heavy (non-hydrogen) atoms. The van der Waals surface area contributed by atoms with Gasteiger partial charge in [-0.2, -0.15) is 0 Å². The van der Waals surface area contributed by atoms with Crippen LogP contribution in [0.2, 0.25) is 0 Å². The Morgan fingerprint density at radius 2 is 2.20 bits per heavy atom. The summed E-state index contributed by atoms with van der Waals surface area (Å²) in [6.07, 6.45) is 0. The third-order valence-electron chi connectivity index (χ3n) is 2.66. The minimum Gasteiger partial charge on any atom is -0.492 e. The van der Waals surface area contributed by atoms with Gasteiger partial charge in [-0.25, -0.2) is 0 Å². The van der Waals surface area contributed by atoms with Gasteiger partial charge in [0.25, 0.3) is 0 Å². The Labute approximate surface area is 89.2 Å². The lowest BCUT2D eigenvalue weighted by atomic mass is 10.1. The van der Waals surface area contributed by atoms with Crippen LogP contribution in [0, 0.1) is 6.92 Å². The minimum absolute atomic E-state index is 0.534. The SMILES string of the molecule is CCOc1cccc2c(C)c(CN)[nH]c12. The molecule has 1 heterocycles. The van der Waals surface area contributed by atoms with Crippen molar-refractivity contribution in [2.24, 2.45) is 5.73 Å². The molecule has 3 N–H and O–H groups in total. The first-order valence-corrected chi connectivity index (χ1v) is 5.21. The predicted octanol–water partition coefficient (Wildman–Crippen LogP) is 2.33. The van der Waals surface area contributed by atoms with Crippen molar-refractivity contribution >= 4 is 10.9 Å². The van der Waals surface area contributed by atoms with Crippen LogP contribution in [0.15, 0.2) is 18.2 Å². The van der Waals surface area contributed by atoms with Crippen LogP contribution >= 0.6 is 0 Å². The van der Waals surface area contributed by atoms with Crippen LogP contribution in [-0.4, -0.2) is 11.6 Å². The second kappa shape index (κ2) is 3.95. The van der Waals surface area contributed by atoms with Crippen molar-refractivity contribution in [1.82, 2.24) is 4.98 Å². The Kier molecular flexibility index (Phi) is 2.64. The average Bonchev–Trinajstić information content (AvgIpc) is 2.58. The highest BCUT2D eigenvalue weighted by Gasteiger charge is 2.09. The van der Waals surface area contributed by atoms with Crippen molar-refractivity contribution in [3.8, 4) is 5.75 Å². The van der Waals surface area contributed by atoms with Crippen LogP contribution in [0.3, 0.4) is 0 Å². The summed E-state index contributed by atoms with van der Waals surface area (Å²) in [7, 11) is 0. The molecule has 2 rings (SSSR count). The average molecular weight is 204 g/mol. The number of hydrogen-bond acceptors (Lipinski definition) is 2. The molecule has 0 bridgehead atoms. The maximum atomic E-state index is 5.67. The van der Waals surface area contributed by atoms with Crippen LogP contribution in [0.25, 0.3) is 10.9 Å². The molecule has 1 aromatic heterocycles. The second-order valence-electron chi connectivity index (χ2n) is 3.54. The van der Waals surface area contributed by atoms with Crippen molar-refractivity contribution in [2.75, 3.05) is 6.61 Å². The maximum Gasteiger partial charge on any atom is 0.143 e. The number of benzene rings is 1. The number of aromatic amines is 1. The number of hydrogen-bond donors (Lipinski definition) is 2. The van der Waals surface area contributed by atoms with E-state index < -0.39 is 0 Å². The molecular formula is C12H16N2O. The van der Waals surface area contributed by atoms with Crippen molar-refractivity contribution in [3.63, 3.8) is 0 Å². The molecule has 0 spiro atoms. The van der Waals surface area contributed by atoms with Crippen molar-refractivity contribution in [1.29, 1.82) is 0 Å². The van der Waals surface area contributed by atoms with E-state index in [4.69, 9.17) is 10.5 Å². The van der Waals surface area contributed by atoms with Crippen molar-refractivity contribution in [3.05, 3.63) is 29.5 Å². The molecule has 3 heteroatoms. The summed E-state index contributed by atoms with van der Waals surface area (Å²) in [5, 5.41) is 1.20. The molecule has 0 radical (unpaired) electrons. The first-order valence-electron chi connectivity index (χ1n) is 5.21. The molecule has 0 unspecified atom stereocenters. The van der Waals surface area contributed by atoms with E-state index >= 15 is 0 Å². The van der Waals surface area contributed by atoms with Crippen LogP contribution in [0.1, 0.15) is 18.2 Å². The molecule has 0 fully saturated rings. The second-order valence-corrected chi connectivity index (χ2v) is 3.54.